The van der Waals surface area contributed by atoms with Gasteiger partial charge in [-0.1, -0.05) is 0 Å². The number of carbonyl (C=O) groups excluding carboxylic acids is 2. The van der Waals surface area contributed by atoms with Gasteiger partial charge < -0.3 is 10.2 Å². The summed E-state index contributed by atoms with van der Waals surface area (Å²) in [6.07, 6.45) is -5.63. The van der Waals surface area contributed by atoms with E-state index in [2.05, 4.69) is 10.3 Å². The van der Waals surface area contributed by atoms with Crippen LogP contribution in [0.3, 0.4) is 0 Å². The molecule has 0 aliphatic carbocycles. The molecule has 1 aliphatic rings. The zero-order valence-corrected chi connectivity index (χ0v) is 15.2. The van der Waals surface area contributed by atoms with Crippen LogP contribution >= 0.6 is 11.3 Å². The lowest BCUT2D eigenvalue weighted by Crippen LogP contribution is -2.33. The quantitative estimate of drug-likeness (QED) is 0.604. The zero-order valence-electron chi connectivity index (χ0n) is 14.3. The summed E-state index contributed by atoms with van der Waals surface area (Å²) in [5.74, 6) is -3.59. The first kappa shape index (κ1) is 20.2. The monoisotopic (exact) mass is 419 g/mol. The summed E-state index contributed by atoms with van der Waals surface area (Å²) in [6, 6.07) is 1.93. The van der Waals surface area contributed by atoms with E-state index in [1.807, 2.05) is 0 Å². The Balaban J connectivity index is 1.89. The molecule has 11 heteroatoms. The largest absolute Gasteiger partial charge is 0.418 e. The number of halogens is 5. The zero-order chi connectivity index (χ0) is 20.6. The maximum atomic E-state index is 13.1. The van der Waals surface area contributed by atoms with E-state index in [4.69, 9.17) is 0 Å². The molecule has 1 fully saturated rings. The fraction of sp³-hybridized carbons (Fsp3) is 0.353. The molecule has 0 radical (unpaired) electrons. The van der Waals surface area contributed by atoms with Gasteiger partial charge in [-0.15, -0.1) is 11.3 Å². The Morgan fingerprint density at radius 1 is 1.39 bits per heavy atom. The van der Waals surface area contributed by atoms with E-state index in [-0.39, 0.29) is 12.1 Å². The number of likely N-dealkylation sites (N-methyl/N-ethyl adjacent to an activating group) is 1. The number of alkyl halides is 5. The van der Waals surface area contributed by atoms with E-state index in [0.717, 1.165) is 23.7 Å². The van der Waals surface area contributed by atoms with Gasteiger partial charge in [0.2, 0.25) is 11.8 Å². The predicted molar refractivity (Wildman–Crippen MR) is 91.0 cm³/mol. The van der Waals surface area contributed by atoms with Crippen LogP contribution in [0.2, 0.25) is 0 Å². The van der Waals surface area contributed by atoms with E-state index < -0.39 is 47.5 Å². The van der Waals surface area contributed by atoms with Crippen molar-refractivity contribution < 1.29 is 31.5 Å². The summed E-state index contributed by atoms with van der Waals surface area (Å²) >= 11 is 0.983. The Bertz CT molecular complexity index is 899. The van der Waals surface area contributed by atoms with Crippen LogP contribution in [0, 0.1) is 5.92 Å². The number of hydrogen-bond acceptors (Lipinski definition) is 4. The number of amides is 2. The van der Waals surface area contributed by atoms with E-state index >= 15 is 0 Å². The Morgan fingerprint density at radius 3 is 2.71 bits per heavy atom. The molecular weight excluding hydrogens is 405 g/mol. The van der Waals surface area contributed by atoms with Crippen LogP contribution in [0.4, 0.5) is 27.6 Å². The topological polar surface area (TPSA) is 62.3 Å². The lowest BCUT2D eigenvalue weighted by Gasteiger charge is -2.17. The van der Waals surface area contributed by atoms with Gasteiger partial charge >= 0.3 is 6.18 Å². The standard InChI is InChI=1S/C17H14F5N3O2S/c1-25-6-9(12-4-8(7-28-12)14(18)19)13(16(25)27)15(26)24-11-5-23-3-2-10(11)17(20,21)22/h2-5,7,9,13-14H,6H2,1H3,(H,24,26)/t9-,13+/m1/s1. The number of likely N-dealkylation sites (tertiary alicyclic amines) is 1. The highest BCUT2D eigenvalue weighted by molar-refractivity contribution is 7.10. The number of carbonyl (C=O) groups is 2. The van der Waals surface area contributed by atoms with Crippen molar-refractivity contribution in [2.75, 3.05) is 18.9 Å². The van der Waals surface area contributed by atoms with E-state index in [1.165, 1.54) is 23.4 Å². The fourth-order valence-electron chi connectivity index (χ4n) is 3.08. The van der Waals surface area contributed by atoms with Crippen LogP contribution in [0.5, 0.6) is 0 Å². The number of hydrogen-bond donors (Lipinski definition) is 1. The number of aromatic nitrogens is 1. The summed E-state index contributed by atoms with van der Waals surface area (Å²) in [7, 11) is 1.44. The summed E-state index contributed by atoms with van der Waals surface area (Å²) in [4.78, 5) is 30.3. The molecule has 150 valence electrons. The molecular formula is C17H14F5N3O2S. The number of thiophene rings is 1. The van der Waals surface area contributed by atoms with Gasteiger partial charge in [0.15, 0.2) is 0 Å². The summed E-state index contributed by atoms with van der Waals surface area (Å²) in [5, 5.41) is 3.36. The van der Waals surface area contributed by atoms with Crippen LogP contribution in [-0.4, -0.2) is 35.3 Å². The minimum atomic E-state index is -4.72. The first-order valence-electron chi connectivity index (χ1n) is 8.03. The average Bonchev–Trinajstić information content (AvgIpc) is 3.20. The van der Waals surface area contributed by atoms with Crippen LogP contribution in [0.15, 0.2) is 29.9 Å². The van der Waals surface area contributed by atoms with Gasteiger partial charge in [-0.2, -0.15) is 13.2 Å². The number of rotatable bonds is 4. The molecule has 2 amide bonds. The van der Waals surface area contributed by atoms with Crippen LogP contribution < -0.4 is 5.32 Å². The second-order valence-corrected chi connectivity index (χ2v) is 7.24. The lowest BCUT2D eigenvalue weighted by atomic mass is 9.92. The Kier molecular flexibility index (Phi) is 5.37. The predicted octanol–water partition coefficient (Wildman–Crippen LogP) is 3.91. The third-order valence-corrected chi connectivity index (χ3v) is 5.52. The van der Waals surface area contributed by atoms with Crippen LogP contribution in [-0.2, 0) is 15.8 Å². The van der Waals surface area contributed by atoms with Gasteiger partial charge in [0.25, 0.3) is 6.43 Å². The Labute approximate surface area is 160 Å². The lowest BCUT2D eigenvalue weighted by molar-refractivity contribution is -0.137. The molecule has 2 aromatic rings. The molecule has 1 saturated heterocycles. The van der Waals surface area contributed by atoms with Gasteiger partial charge in [-0.05, 0) is 17.5 Å². The minimum Gasteiger partial charge on any atom is -0.344 e. The Morgan fingerprint density at radius 2 is 2.11 bits per heavy atom. The molecule has 1 aliphatic heterocycles. The molecule has 2 atom stereocenters. The van der Waals surface area contributed by atoms with Gasteiger partial charge in [0.1, 0.15) is 5.92 Å². The average molecular weight is 419 g/mol. The first-order valence-corrected chi connectivity index (χ1v) is 8.91. The van der Waals surface area contributed by atoms with Gasteiger partial charge in [0, 0.05) is 36.1 Å². The molecule has 0 aromatic carbocycles. The third kappa shape index (κ3) is 3.84. The summed E-state index contributed by atoms with van der Waals surface area (Å²) in [5.41, 5.74) is -1.89. The van der Waals surface area contributed by atoms with Crippen molar-refractivity contribution in [2.45, 2.75) is 18.5 Å². The van der Waals surface area contributed by atoms with E-state index in [0.29, 0.717) is 10.9 Å². The Hall–Kier alpha value is -2.56. The highest BCUT2D eigenvalue weighted by Crippen LogP contribution is 2.40. The second kappa shape index (κ2) is 7.46. The smallest absolute Gasteiger partial charge is 0.344 e. The molecule has 0 spiro atoms. The van der Waals surface area contributed by atoms with Gasteiger partial charge in [-0.3, -0.25) is 14.6 Å². The van der Waals surface area contributed by atoms with Crippen molar-refractivity contribution >= 4 is 28.8 Å². The van der Waals surface area contributed by atoms with Crippen molar-refractivity contribution in [2.24, 2.45) is 5.92 Å². The maximum absolute atomic E-state index is 13.1. The molecule has 5 nitrogen and oxygen atoms in total. The number of anilines is 1. The summed E-state index contributed by atoms with van der Waals surface area (Å²) < 4.78 is 65.0. The van der Waals surface area contributed by atoms with Crippen molar-refractivity contribution in [1.29, 1.82) is 0 Å². The number of pyridine rings is 1. The van der Waals surface area contributed by atoms with Gasteiger partial charge in [0.05, 0.1) is 17.4 Å². The molecule has 0 saturated carbocycles. The normalized spacial score (nSPS) is 20.1. The molecule has 3 rings (SSSR count). The first-order chi connectivity index (χ1) is 13.1. The maximum Gasteiger partial charge on any atom is 0.418 e. The second-order valence-electron chi connectivity index (χ2n) is 6.29. The number of nitrogens with one attached hydrogen (secondary N) is 1. The molecule has 0 unspecified atom stereocenters. The van der Waals surface area contributed by atoms with Crippen molar-refractivity contribution in [3.63, 3.8) is 0 Å². The highest BCUT2D eigenvalue weighted by atomic mass is 32.1. The van der Waals surface area contributed by atoms with E-state index in [1.54, 1.807) is 0 Å². The van der Waals surface area contributed by atoms with Crippen molar-refractivity contribution in [3.05, 3.63) is 45.9 Å². The molecule has 1 N–H and O–H groups in total. The fourth-order valence-corrected chi connectivity index (χ4v) is 4.11. The molecule has 28 heavy (non-hydrogen) atoms. The number of nitrogens with zero attached hydrogens (tertiary/aromatic N) is 2. The molecule has 2 aromatic heterocycles. The van der Waals surface area contributed by atoms with E-state index in [9.17, 15) is 31.5 Å². The summed E-state index contributed by atoms with van der Waals surface area (Å²) in [6.45, 7) is 0.0965. The highest BCUT2D eigenvalue weighted by Gasteiger charge is 2.45. The molecule has 3 heterocycles. The van der Waals surface area contributed by atoms with Crippen molar-refractivity contribution in [3.8, 4) is 0 Å². The van der Waals surface area contributed by atoms with Crippen LogP contribution in [0.25, 0.3) is 0 Å². The minimum absolute atomic E-state index is 0.0965. The SMILES string of the molecule is CN1C[C@H](c2cc(C(F)F)cs2)[C@@H](C(=O)Nc2cnccc2C(F)(F)F)C1=O. The third-order valence-electron chi connectivity index (χ3n) is 4.44. The van der Waals surface area contributed by atoms with Gasteiger partial charge in [-0.25, -0.2) is 8.78 Å². The van der Waals surface area contributed by atoms with Crippen LogP contribution in [0.1, 0.15) is 28.3 Å². The van der Waals surface area contributed by atoms with Crippen molar-refractivity contribution in [1.82, 2.24) is 9.88 Å². The molecule has 0 bridgehead atoms.